The molecule has 34 heavy (non-hydrogen) atoms. The highest BCUT2D eigenvalue weighted by molar-refractivity contribution is 5.98. The molecule has 2 aromatic rings. The number of pyridine rings is 1. The summed E-state index contributed by atoms with van der Waals surface area (Å²) in [5, 5.41) is 15.2. The summed E-state index contributed by atoms with van der Waals surface area (Å²) in [6, 6.07) is 0.232. The van der Waals surface area contributed by atoms with E-state index in [2.05, 4.69) is 16.1 Å². The summed E-state index contributed by atoms with van der Waals surface area (Å²) in [6.45, 7) is 6.90. The maximum atomic E-state index is 13.8. The van der Waals surface area contributed by atoms with Crippen LogP contribution in [0.15, 0.2) is 35.3 Å². The molecule has 1 aliphatic rings. The lowest BCUT2D eigenvalue weighted by molar-refractivity contribution is 0.0924. The number of carbonyl (C=O) groups excluding carboxylic acids is 2. The van der Waals surface area contributed by atoms with E-state index in [0.717, 1.165) is 10.9 Å². The van der Waals surface area contributed by atoms with Gasteiger partial charge in [0.2, 0.25) is 5.43 Å². The lowest BCUT2D eigenvalue weighted by Crippen LogP contribution is -2.38. The molecule has 1 aromatic heterocycles. The minimum atomic E-state index is -1.21. The van der Waals surface area contributed by atoms with Crippen LogP contribution in [-0.2, 0) is 6.54 Å². The van der Waals surface area contributed by atoms with E-state index in [-0.39, 0.29) is 12.1 Å². The molecule has 2 atom stereocenters. The fraction of sp³-hybridized carbons (Fsp3) is 0.348. The Hall–Kier alpha value is -3.76. The van der Waals surface area contributed by atoms with Crippen molar-refractivity contribution in [3.8, 4) is 5.75 Å². The third-order valence-electron chi connectivity index (χ3n) is 4.91. The van der Waals surface area contributed by atoms with E-state index in [1.54, 1.807) is 19.1 Å². The average Bonchev–Trinajstić information content (AvgIpc) is 2.84. The molecule has 0 radical (unpaired) electrons. The standard InChI is InChI=1S/C21H21F3N4O4.C2H6/c1-3-12-5-4-10(2)26-21(32)17-19(30)18(29)14(9-28(17)27-12)20(31)25-8-13-15(23)6-11(22)7-16(13)24;1-2/h4-7,9-10,12,27,30H,3,8H2,1-2H3,(H,25,31)(H,26,32);1-2H3/b5-4-;. The topological polar surface area (TPSA) is 112 Å². The van der Waals surface area contributed by atoms with Crippen LogP contribution in [0.1, 0.15) is 60.5 Å². The zero-order valence-corrected chi connectivity index (χ0v) is 19.2. The maximum absolute atomic E-state index is 13.8. The summed E-state index contributed by atoms with van der Waals surface area (Å²) < 4.78 is 41.7. The predicted molar refractivity (Wildman–Crippen MR) is 121 cm³/mol. The number of hydrogen-bond acceptors (Lipinski definition) is 5. The van der Waals surface area contributed by atoms with Gasteiger partial charge in [0.05, 0.1) is 6.04 Å². The maximum Gasteiger partial charge on any atom is 0.274 e. The molecule has 0 saturated heterocycles. The molecule has 0 spiro atoms. The summed E-state index contributed by atoms with van der Waals surface area (Å²) in [4.78, 5) is 37.7. The molecule has 0 fully saturated rings. The Labute approximate surface area is 194 Å². The van der Waals surface area contributed by atoms with Crippen molar-refractivity contribution in [3.63, 3.8) is 0 Å². The van der Waals surface area contributed by atoms with Gasteiger partial charge in [0.15, 0.2) is 11.4 Å². The van der Waals surface area contributed by atoms with Crippen molar-refractivity contribution >= 4 is 11.8 Å². The molecule has 184 valence electrons. The normalized spacial score (nSPS) is 18.0. The van der Waals surface area contributed by atoms with Crippen molar-refractivity contribution in [1.29, 1.82) is 0 Å². The van der Waals surface area contributed by atoms with Crippen LogP contribution in [0.25, 0.3) is 0 Å². The number of aromatic nitrogens is 1. The third-order valence-corrected chi connectivity index (χ3v) is 4.91. The third kappa shape index (κ3) is 5.77. The van der Waals surface area contributed by atoms with Gasteiger partial charge in [-0.1, -0.05) is 32.9 Å². The molecular formula is C23H27F3N4O4. The molecule has 0 bridgehead atoms. The van der Waals surface area contributed by atoms with Crippen molar-refractivity contribution in [2.75, 3.05) is 5.43 Å². The number of rotatable bonds is 4. The van der Waals surface area contributed by atoms with Gasteiger partial charge in [-0.05, 0) is 13.3 Å². The molecule has 0 aliphatic carbocycles. The van der Waals surface area contributed by atoms with Gasteiger partial charge >= 0.3 is 0 Å². The molecule has 2 heterocycles. The van der Waals surface area contributed by atoms with Crippen molar-refractivity contribution in [1.82, 2.24) is 15.3 Å². The summed E-state index contributed by atoms with van der Waals surface area (Å²) >= 11 is 0. The average molecular weight is 480 g/mol. The first-order chi connectivity index (χ1) is 16.1. The van der Waals surface area contributed by atoms with Crippen LogP contribution in [0, 0.1) is 17.5 Å². The minimum absolute atomic E-state index is 0.302. The smallest absolute Gasteiger partial charge is 0.274 e. The molecule has 1 aromatic carbocycles. The highest BCUT2D eigenvalue weighted by Crippen LogP contribution is 2.17. The minimum Gasteiger partial charge on any atom is -0.502 e. The first kappa shape index (κ1) is 26.5. The quantitative estimate of drug-likeness (QED) is 0.503. The van der Waals surface area contributed by atoms with E-state index in [4.69, 9.17) is 0 Å². The number of fused-ring (bicyclic) bond motifs is 1. The number of nitrogens with zero attached hydrogens (tertiary/aromatic N) is 1. The summed E-state index contributed by atoms with van der Waals surface area (Å²) in [5.41, 5.74) is 0.226. The number of hydrogen-bond donors (Lipinski definition) is 4. The number of benzene rings is 1. The van der Waals surface area contributed by atoms with E-state index in [1.807, 2.05) is 20.8 Å². The molecule has 4 N–H and O–H groups in total. The van der Waals surface area contributed by atoms with Crippen LogP contribution in [0.2, 0.25) is 0 Å². The van der Waals surface area contributed by atoms with Crippen LogP contribution in [0.3, 0.4) is 0 Å². The molecule has 8 nitrogen and oxygen atoms in total. The molecule has 2 unspecified atom stereocenters. The Bertz CT molecular complexity index is 1140. The van der Waals surface area contributed by atoms with Gasteiger partial charge in [-0.25, -0.2) is 13.2 Å². The van der Waals surface area contributed by atoms with E-state index in [0.29, 0.717) is 18.6 Å². The number of nitrogens with one attached hydrogen (secondary N) is 3. The number of amides is 2. The first-order valence-corrected chi connectivity index (χ1v) is 10.8. The second-order valence-corrected chi connectivity index (χ2v) is 7.26. The zero-order valence-electron chi connectivity index (χ0n) is 19.2. The van der Waals surface area contributed by atoms with Crippen LogP contribution < -0.4 is 21.5 Å². The largest absolute Gasteiger partial charge is 0.502 e. The predicted octanol–water partition coefficient (Wildman–Crippen LogP) is 2.94. The van der Waals surface area contributed by atoms with E-state index in [1.165, 1.54) is 0 Å². The number of aromatic hydroxyl groups is 1. The van der Waals surface area contributed by atoms with Crippen molar-refractivity contribution in [3.05, 3.63) is 75.0 Å². The molecule has 2 amide bonds. The van der Waals surface area contributed by atoms with E-state index < -0.39 is 63.8 Å². The molecule has 1 aliphatic heterocycles. The Morgan fingerprint density at radius 3 is 2.35 bits per heavy atom. The van der Waals surface area contributed by atoms with E-state index in [9.17, 15) is 32.7 Å². The Kier molecular flexibility index (Phi) is 8.88. The van der Waals surface area contributed by atoms with Gasteiger partial charge < -0.3 is 21.2 Å². The lowest BCUT2D eigenvalue weighted by Gasteiger charge is -2.21. The lowest BCUT2D eigenvalue weighted by atomic mass is 10.1. The van der Waals surface area contributed by atoms with Crippen molar-refractivity contribution in [2.45, 2.75) is 52.7 Å². The van der Waals surface area contributed by atoms with Crippen LogP contribution in [0.4, 0.5) is 13.2 Å². The fourth-order valence-electron chi connectivity index (χ4n) is 3.16. The SMILES string of the molecule is CC.CCC1/C=C\C(C)NC(=O)c2c(O)c(=O)c(C(=O)NCc3c(F)cc(F)cc3F)cn2N1. The Balaban J connectivity index is 0.00000199. The Morgan fingerprint density at radius 1 is 1.15 bits per heavy atom. The summed E-state index contributed by atoms with van der Waals surface area (Å²) in [6.07, 6.45) is 5.12. The Morgan fingerprint density at radius 2 is 1.76 bits per heavy atom. The summed E-state index contributed by atoms with van der Waals surface area (Å²) in [7, 11) is 0. The van der Waals surface area contributed by atoms with Gasteiger partial charge in [0.1, 0.15) is 23.0 Å². The van der Waals surface area contributed by atoms with Gasteiger partial charge in [-0.2, -0.15) is 0 Å². The van der Waals surface area contributed by atoms with Gasteiger partial charge in [-0.15, -0.1) is 0 Å². The second kappa shape index (κ2) is 11.4. The number of halogens is 3. The summed E-state index contributed by atoms with van der Waals surface area (Å²) in [5.74, 6) is -6.30. The van der Waals surface area contributed by atoms with Crippen LogP contribution >= 0.6 is 0 Å². The van der Waals surface area contributed by atoms with Gasteiger partial charge in [0.25, 0.3) is 11.8 Å². The van der Waals surface area contributed by atoms with Crippen molar-refractivity contribution < 1.29 is 27.9 Å². The first-order valence-electron chi connectivity index (χ1n) is 10.8. The molecular weight excluding hydrogens is 453 g/mol. The number of carbonyl (C=O) groups is 2. The van der Waals surface area contributed by atoms with Crippen molar-refractivity contribution in [2.24, 2.45) is 0 Å². The molecule has 11 heteroatoms. The molecule has 3 rings (SSSR count). The monoisotopic (exact) mass is 480 g/mol. The fourth-order valence-corrected chi connectivity index (χ4v) is 3.16. The van der Waals surface area contributed by atoms with Gasteiger partial charge in [0, 0.05) is 36.5 Å². The van der Waals surface area contributed by atoms with Crippen LogP contribution in [0.5, 0.6) is 5.75 Å². The molecule has 0 saturated carbocycles. The zero-order chi connectivity index (χ0) is 25.6. The van der Waals surface area contributed by atoms with E-state index >= 15 is 0 Å². The second-order valence-electron chi connectivity index (χ2n) is 7.26. The highest BCUT2D eigenvalue weighted by atomic mass is 19.1. The van der Waals surface area contributed by atoms with Crippen LogP contribution in [-0.4, -0.2) is 33.7 Å². The highest BCUT2D eigenvalue weighted by Gasteiger charge is 2.26. The van der Waals surface area contributed by atoms with Gasteiger partial charge in [-0.3, -0.25) is 19.1 Å².